The topological polar surface area (TPSA) is 76.0 Å². The fourth-order valence-electron chi connectivity index (χ4n) is 1.38. The maximum absolute atomic E-state index is 11.7. The van der Waals surface area contributed by atoms with Gasteiger partial charge in [0.2, 0.25) is 10.0 Å². The molecule has 0 radical (unpaired) electrons. The summed E-state index contributed by atoms with van der Waals surface area (Å²) in [6.07, 6.45) is 3.80. The van der Waals surface area contributed by atoms with Crippen molar-refractivity contribution in [2.24, 2.45) is 0 Å². The van der Waals surface area contributed by atoms with E-state index in [-0.39, 0.29) is 5.75 Å². The fourth-order valence-corrected chi connectivity index (χ4v) is 2.47. The maximum atomic E-state index is 11.7. The fraction of sp³-hybridized carbons (Fsp3) is 0.700. The minimum Gasteiger partial charge on any atom is -0.317 e. The van der Waals surface area contributed by atoms with E-state index in [9.17, 15) is 8.42 Å². The molecule has 1 heterocycles. The summed E-state index contributed by atoms with van der Waals surface area (Å²) in [7, 11) is -3.25. The molecule has 1 aromatic rings. The van der Waals surface area contributed by atoms with Crippen molar-refractivity contribution in [3.8, 4) is 0 Å². The number of aryl methyl sites for hydroxylation is 1. The van der Waals surface area contributed by atoms with Crippen molar-refractivity contribution >= 4 is 15.7 Å². The Hall–Kier alpha value is -1.08. The molecule has 0 aromatic carbocycles. The third-order valence-electron chi connectivity index (χ3n) is 2.25. The Balaban J connectivity index is 2.43. The lowest BCUT2D eigenvalue weighted by Gasteiger charge is -2.05. The maximum Gasteiger partial charge on any atom is 0.232 e. The minimum atomic E-state index is -3.25. The number of nitrogens with one attached hydrogen (secondary N) is 2. The molecule has 1 aromatic heterocycles. The van der Waals surface area contributed by atoms with E-state index >= 15 is 0 Å². The SMILES string of the molecule is CCNCCCS(=O)(=O)Nc1cnn(CC)c1. The summed E-state index contributed by atoms with van der Waals surface area (Å²) in [6, 6.07) is 0. The molecule has 0 aliphatic rings. The van der Waals surface area contributed by atoms with Gasteiger partial charge in [0.1, 0.15) is 0 Å². The molecular weight excluding hydrogens is 240 g/mol. The highest BCUT2D eigenvalue weighted by molar-refractivity contribution is 7.92. The minimum absolute atomic E-state index is 0.122. The van der Waals surface area contributed by atoms with Gasteiger partial charge in [-0.1, -0.05) is 6.92 Å². The molecule has 0 unspecified atom stereocenters. The number of aromatic nitrogens is 2. The van der Waals surface area contributed by atoms with Crippen LogP contribution in [-0.4, -0.2) is 37.0 Å². The second-order valence-electron chi connectivity index (χ2n) is 3.71. The lowest BCUT2D eigenvalue weighted by Crippen LogP contribution is -2.21. The van der Waals surface area contributed by atoms with Gasteiger partial charge in [0.05, 0.1) is 17.6 Å². The van der Waals surface area contributed by atoms with Crippen molar-refractivity contribution in [2.75, 3.05) is 23.6 Å². The van der Waals surface area contributed by atoms with Crippen LogP contribution in [0.15, 0.2) is 12.4 Å². The van der Waals surface area contributed by atoms with Crippen LogP contribution in [0.5, 0.6) is 0 Å². The summed E-state index contributed by atoms with van der Waals surface area (Å²) in [5.41, 5.74) is 0.523. The lowest BCUT2D eigenvalue weighted by molar-refractivity contribution is 0.595. The van der Waals surface area contributed by atoms with Gasteiger partial charge in [-0.25, -0.2) is 8.42 Å². The van der Waals surface area contributed by atoms with Crippen LogP contribution in [0.1, 0.15) is 20.3 Å². The van der Waals surface area contributed by atoms with Crippen LogP contribution in [0.25, 0.3) is 0 Å². The normalized spacial score (nSPS) is 11.6. The first-order valence-corrected chi connectivity index (χ1v) is 7.46. The first-order valence-electron chi connectivity index (χ1n) is 5.81. The molecule has 1 rings (SSSR count). The van der Waals surface area contributed by atoms with Crippen LogP contribution in [0.3, 0.4) is 0 Å². The molecule has 17 heavy (non-hydrogen) atoms. The summed E-state index contributed by atoms with van der Waals surface area (Å²) < 4.78 is 27.6. The van der Waals surface area contributed by atoms with Gasteiger partial charge in [-0.05, 0) is 26.4 Å². The number of hydrogen-bond donors (Lipinski definition) is 2. The van der Waals surface area contributed by atoms with Gasteiger partial charge in [0.15, 0.2) is 0 Å². The zero-order valence-electron chi connectivity index (χ0n) is 10.3. The van der Waals surface area contributed by atoms with Crippen LogP contribution in [-0.2, 0) is 16.6 Å². The Morgan fingerprint density at radius 3 is 2.76 bits per heavy atom. The molecule has 0 fully saturated rings. The average molecular weight is 260 g/mol. The second kappa shape index (κ2) is 6.61. The Labute approximate surface area is 102 Å². The first-order chi connectivity index (χ1) is 8.07. The predicted octanol–water partition coefficient (Wildman–Crippen LogP) is 0.644. The van der Waals surface area contributed by atoms with Crippen molar-refractivity contribution in [3.05, 3.63) is 12.4 Å². The van der Waals surface area contributed by atoms with Gasteiger partial charge < -0.3 is 5.32 Å². The Kier molecular flexibility index (Phi) is 5.43. The van der Waals surface area contributed by atoms with Crippen LogP contribution in [0.4, 0.5) is 5.69 Å². The van der Waals surface area contributed by atoms with E-state index in [0.29, 0.717) is 18.7 Å². The van der Waals surface area contributed by atoms with E-state index in [4.69, 9.17) is 0 Å². The predicted molar refractivity (Wildman–Crippen MR) is 68.5 cm³/mol. The smallest absolute Gasteiger partial charge is 0.232 e. The zero-order chi connectivity index (χ0) is 12.7. The summed E-state index contributed by atoms with van der Waals surface area (Å²) in [6.45, 7) is 6.23. The second-order valence-corrected chi connectivity index (χ2v) is 5.55. The van der Waals surface area contributed by atoms with E-state index in [2.05, 4.69) is 15.1 Å². The molecule has 6 nitrogen and oxygen atoms in total. The largest absolute Gasteiger partial charge is 0.317 e. The highest BCUT2D eigenvalue weighted by atomic mass is 32.2. The van der Waals surface area contributed by atoms with Crippen LogP contribution in [0.2, 0.25) is 0 Å². The number of hydrogen-bond acceptors (Lipinski definition) is 4. The van der Waals surface area contributed by atoms with Crippen LogP contribution >= 0.6 is 0 Å². The lowest BCUT2D eigenvalue weighted by atomic mass is 10.5. The van der Waals surface area contributed by atoms with Gasteiger partial charge in [0.25, 0.3) is 0 Å². The van der Waals surface area contributed by atoms with Gasteiger partial charge in [-0.3, -0.25) is 9.40 Å². The number of rotatable bonds is 8. The summed E-state index contributed by atoms with van der Waals surface area (Å²) in [4.78, 5) is 0. The van der Waals surface area contributed by atoms with Gasteiger partial charge >= 0.3 is 0 Å². The highest BCUT2D eigenvalue weighted by Gasteiger charge is 2.10. The summed E-state index contributed by atoms with van der Waals surface area (Å²) >= 11 is 0. The van der Waals surface area contributed by atoms with E-state index in [0.717, 1.165) is 13.1 Å². The summed E-state index contributed by atoms with van der Waals surface area (Å²) in [5.74, 6) is 0.122. The van der Waals surface area contributed by atoms with E-state index in [1.54, 1.807) is 10.9 Å². The summed E-state index contributed by atoms with van der Waals surface area (Å²) in [5, 5.41) is 7.10. The molecule has 2 N–H and O–H groups in total. The van der Waals surface area contributed by atoms with Crippen molar-refractivity contribution in [3.63, 3.8) is 0 Å². The monoisotopic (exact) mass is 260 g/mol. The molecule has 98 valence electrons. The van der Waals surface area contributed by atoms with Crippen LogP contribution < -0.4 is 10.0 Å². The molecule has 0 spiro atoms. The average Bonchev–Trinajstić information content (AvgIpc) is 2.71. The molecule has 0 bridgehead atoms. The van der Waals surface area contributed by atoms with Crippen molar-refractivity contribution in [1.82, 2.24) is 15.1 Å². The number of anilines is 1. The Morgan fingerprint density at radius 1 is 1.41 bits per heavy atom. The third kappa shape index (κ3) is 5.18. The first kappa shape index (κ1) is 14.0. The van der Waals surface area contributed by atoms with Gasteiger partial charge in [-0.2, -0.15) is 5.10 Å². The van der Waals surface area contributed by atoms with Crippen molar-refractivity contribution in [2.45, 2.75) is 26.8 Å². The van der Waals surface area contributed by atoms with E-state index < -0.39 is 10.0 Å². The molecule has 0 saturated heterocycles. The highest BCUT2D eigenvalue weighted by Crippen LogP contribution is 2.08. The number of sulfonamides is 1. The third-order valence-corrected chi connectivity index (χ3v) is 3.62. The number of nitrogens with zero attached hydrogens (tertiary/aromatic N) is 2. The Morgan fingerprint density at radius 2 is 2.18 bits per heavy atom. The standard InChI is InChI=1S/C10H20N4O2S/c1-3-11-6-5-7-17(15,16)13-10-8-12-14(4-2)9-10/h8-9,11,13H,3-7H2,1-2H3. The quantitative estimate of drug-likeness (QED) is 0.673. The molecule has 0 aliphatic heterocycles. The molecule has 0 saturated carbocycles. The molecular formula is C10H20N4O2S. The molecule has 7 heteroatoms. The van der Waals surface area contributed by atoms with Crippen molar-refractivity contribution in [1.29, 1.82) is 0 Å². The molecule has 0 amide bonds. The Bertz CT molecular complexity index is 427. The molecule has 0 aliphatic carbocycles. The van der Waals surface area contributed by atoms with Gasteiger partial charge in [0, 0.05) is 12.7 Å². The van der Waals surface area contributed by atoms with Crippen molar-refractivity contribution < 1.29 is 8.42 Å². The zero-order valence-corrected chi connectivity index (χ0v) is 11.1. The van der Waals surface area contributed by atoms with Crippen LogP contribution in [0, 0.1) is 0 Å². The molecule has 0 atom stereocenters. The van der Waals surface area contributed by atoms with E-state index in [1.165, 1.54) is 6.20 Å². The van der Waals surface area contributed by atoms with Gasteiger partial charge in [-0.15, -0.1) is 0 Å². The van der Waals surface area contributed by atoms with E-state index in [1.807, 2.05) is 13.8 Å².